The molecule has 1 aliphatic heterocycles. The van der Waals surface area contributed by atoms with Gasteiger partial charge in [0.1, 0.15) is 11.4 Å². The van der Waals surface area contributed by atoms with E-state index in [1.807, 2.05) is 14.1 Å². The van der Waals surface area contributed by atoms with Crippen LogP contribution in [-0.2, 0) is 4.74 Å². The molecule has 1 atom stereocenters. The number of aromatic nitrogens is 1. The minimum atomic E-state index is -0.393. The number of nitrogens with zero attached hydrogens (tertiary/aromatic N) is 3. The molecule has 6 nitrogen and oxygen atoms in total. The van der Waals surface area contributed by atoms with Crippen molar-refractivity contribution in [3.05, 3.63) is 17.8 Å². The number of nitrogens with two attached hydrogens (primary N) is 1. The van der Waals surface area contributed by atoms with Crippen molar-refractivity contribution in [2.24, 2.45) is 0 Å². The monoisotopic (exact) mass is 278 g/mol. The van der Waals surface area contributed by atoms with Gasteiger partial charge in [-0.1, -0.05) is 0 Å². The summed E-state index contributed by atoms with van der Waals surface area (Å²) >= 11 is 0. The average molecular weight is 278 g/mol. The lowest BCUT2D eigenvalue weighted by molar-refractivity contribution is 0.0601. The predicted octanol–water partition coefficient (Wildman–Crippen LogP) is 0.981. The SMILES string of the molecule is COC(=O)c1cc(N)cnc1N1CCCC1CN(C)C. The summed E-state index contributed by atoms with van der Waals surface area (Å²) in [6, 6.07) is 2.00. The van der Waals surface area contributed by atoms with E-state index in [2.05, 4.69) is 14.8 Å². The Morgan fingerprint density at radius 1 is 1.60 bits per heavy atom. The van der Waals surface area contributed by atoms with Gasteiger partial charge in [0, 0.05) is 19.1 Å². The highest BCUT2D eigenvalue weighted by molar-refractivity contribution is 5.95. The molecule has 1 aromatic heterocycles. The largest absolute Gasteiger partial charge is 0.465 e. The van der Waals surface area contributed by atoms with Crippen LogP contribution in [-0.4, -0.2) is 56.2 Å². The van der Waals surface area contributed by atoms with E-state index in [-0.39, 0.29) is 0 Å². The summed E-state index contributed by atoms with van der Waals surface area (Å²) in [5.74, 6) is 0.283. The van der Waals surface area contributed by atoms with Crippen LogP contribution in [0.4, 0.5) is 11.5 Å². The van der Waals surface area contributed by atoms with Gasteiger partial charge in [-0.3, -0.25) is 0 Å². The van der Waals surface area contributed by atoms with E-state index >= 15 is 0 Å². The van der Waals surface area contributed by atoms with Gasteiger partial charge < -0.3 is 20.3 Å². The van der Waals surface area contributed by atoms with Gasteiger partial charge in [-0.15, -0.1) is 0 Å². The number of esters is 1. The third kappa shape index (κ3) is 3.01. The highest BCUT2D eigenvalue weighted by Gasteiger charge is 2.29. The average Bonchev–Trinajstić information content (AvgIpc) is 2.85. The normalized spacial score (nSPS) is 18.6. The second kappa shape index (κ2) is 6.09. The summed E-state index contributed by atoms with van der Waals surface area (Å²) in [5, 5.41) is 0. The summed E-state index contributed by atoms with van der Waals surface area (Å²) in [6.07, 6.45) is 3.79. The lowest BCUT2D eigenvalue weighted by Gasteiger charge is -2.29. The molecule has 1 aromatic rings. The third-order valence-corrected chi connectivity index (χ3v) is 3.52. The zero-order chi connectivity index (χ0) is 14.7. The Labute approximate surface area is 119 Å². The molecule has 1 unspecified atom stereocenters. The molecular formula is C14H22N4O2. The van der Waals surface area contributed by atoms with Crippen LogP contribution in [0.1, 0.15) is 23.2 Å². The molecule has 0 aromatic carbocycles. The minimum Gasteiger partial charge on any atom is -0.465 e. The number of carbonyl (C=O) groups excluding carboxylic acids is 1. The minimum absolute atomic E-state index is 0.365. The van der Waals surface area contributed by atoms with Crippen molar-refractivity contribution in [1.29, 1.82) is 0 Å². The fraction of sp³-hybridized carbons (Fsp3) is 0.571. The first-order valence-corrected chi connectivity index (χ1v) is 6.78. The smallest absolute Gasteiger partial charge is 0.341 e. The second-order valence-corrected chi connectivity index (χ2v) is 5.38. The van der Waals surface area contributed by atoms with Crippen LogP contribution in [0.2, 0.25) is 0 Å². The fourth-order valence-electron chi connectivity index (χ4n) is 2.69. The highest BCUT2D eigenvalue weighted by atomic mass is 16.5. The molecule has 0 amide bonds. The molecule has 1 aliphatic rings. The maximum Gasteiger partial charge on any atom is 0.341 e. The Hall–Kier alpha value is -1.82. The van der Waals surface area contributed by atoms with Crippen molar-refractivity contribution < 1.29 is 9.53 Å². The number of ether oxygens (including phenoxy) is 1. The van der Waals surface area contributed by atoms with E-state index < -0.39 is 5.97 Å². The number of pyridine rings is 1. The Balaban J connectivity index is 2.33. The van der Waals surface area contributed by atoms with Gasteiger partial charge in [0.05, 0.1) is 19.0 Å². The molecule has 110 valence electrons. The van der Waals surface area contributed by atoms with Gasteiger partial charge in [0.25, 0.3) is 0 Å². The van der Waals surface area contributed by atoms with Gasteiger partial charge in [-0.05, 0) is 33.0 Å². The highest BCUT2D eigenvalue weighted by Crippen LogP contribution is 2.28. The number of nitrogen functional groups attached to an aromatic ring is 1. The molecule has 0 bridgehead atoms. The molecule has 0 aliphatic carbocycles. The molecule has 6 heteroatoms. The first-order valence-electron chi connectivity index (χ1n) is 6.78. The van der Waals surface area contributed by atoms with Crippen LogP contribution in [0, 0.1) is 0 Å². The summed E-state index contributed by atoms with van der Waals surface area (Å²) in [4.78, 5) is 20.6. The Morgan fingerprint density at radius 3 is 3.00 bits per heavy atom. The van der Waals surface area contributed by atoms with E-state index in [4.69, 9.17) is 10.5 Å². The van der Waals surface area contributed by atoms with Gasteiger partial charge in [0.15, 0.2) is 0 Å². The van der Waals surface area contributed by atoms with Crippen molar-refractivity contribution in [2.75, 3.05) is 44.9 Å². The fourth-order valence-corrected chi connectivity index (χ4v) is 2.69. The first-order chi connectivity index (χ1) is 9.52. The van der Waals surface area contributed by atoms with Crippen LogP contribution >= 0.6 is 0 Å². The summed E-state index contributed by atoms with van der Waals surface area (Å²) in [5.41, 5.74) is 6.65. The molecule has 1 fully saturated rings. The Bertz CT molecular complexity index is 490. The topological polar surface area (TPSA) is 71.7 Å². The van der Waals surface area contributed by atoms with E-state index in [1.54, 1.807) is 12.3 Å². The van der Waals surface area contributed by atoms with Crippen LogP contribution < -0.4 is 10.6 Å². The van der Waals surface area contributed by atoms with Crippen molar-refractivity contribution in [3.8, 4) is 0 Å². The van der Waals surface area contributed by atoms with E-state index in [0.717, 1.165) is 25.9 Å². The molecule has 0 radical (unpaired) electrons. The molecule has 2 N–H and O–H groups in total. The number of rotatable bonds is 4. The number of hydrogen-bond acceptors (Lipinski definition) is 6. The van der Waals surface area contributed by atoms with E-state index in [9.17, 15) is 4.79 Å². The third-order valence-electron chi connectivity index (χ3n) is 3.52. The Kier molecular flexibility index (Phi) is 4.44. The van der Waals surface area contributed by atoms with Gasteiger partial charge in [-0.2, -0.15) is 0 Å². The number of carbonyl (C=O) groups is 1. The molecule has 2 heterocycles. The van der Waals surface area contributed by atoms with Crippen LogP contribution in [0.25, 0.3) is 0 Å². The lowest BCUT2D eigenvalue weighted by Crippen LogP contribution is -2.38. The molecular weight excluding hydrogens is 256 g/mol. The van der Waals surface area contributed by atoms with Gasteiger partial charge in [-0.25, -0.2) is 9.78 Å². The molecule has 20 heavy (non-hydrogen) atoms. The lowest BCUT2D eigenvalue weighted by atomic mass is 10.2. The first kappa shape index (κ1) is 14.6. The second-order valence-electron chi connectivity index (χ2n) is 5.38. The molecule has 0 saturated carbocycles. The zero-order valence-electron chi connectivity index (χ0n) is 12.3. The van der Waals surface area contributed by atoms with Crippen LogP contribution in [0.3, 0.4) is 0 Å². The van der Waals surface area contributed by atoms with Crippen molar-refractivity contribution in [2.45, 2.75) is 18.9 Å². The number of anilines is 2. The standard InChI is InChI=1S/C14H22N4O2/c1-17(2)9-11-5-4-6-18(11)13-12(14(19)20-3)7-10(15)8-16-13/h7-8,11H,4-6,9,15H2,1-3H3. The summed E-state index contributed by atoms with van der Waals surface area (Å²) in [6.45, 7) is 1.84. The van der Waals surface area contributed by atoms with Gasteiger partial charge in [0.2, 0.25) is 0 Å². The number of methoxy groups -OCH3 is 1. The zero-order valence-corrected chi connectivity index (χ0v) is 12.3. The quantitative estimate of drug-likeness (QED) is 0.828. The van der Waals surface area contributed by atoms with E-state index in [0.29, 0.717) is 23.1 Å². The maximum atomic E-state index is 11.9. The predicted molar refractivity (Wildman–Crippen MR) is 78.9 cm³/mol. The maximum absolute atomic E-state index is 11.9. The molecule has 2 rings (SSSR count). The number of hydrogen-bond donors (Lipinski definition) is 1. The van der Waals surface area contributed by atoms with Crippen LogP contribution in [0.15, 0.2) is 12.3 Å². The Morgan fingerprint density at radius 2 is 2.35 bits per heavy atom. The molecule has 1 saturated heterocycles. The van der Waals surface area contributed by atoms with Gasteiger partial charge >= 0.3 is 5.97 Å². The summed E-state index contributed by atoms with van der Waals surface area (Å²) < 4.78 is 4.84. The van der Waals surface area contributed by atoms with E-state index in [1.165, 1.54) is 7.11 Å². The van der Waals surface area contributed by atoms with Crippen LogP contribution in [0.5, 0.6) is 0 Å². The van der Waals surface area contributed by atoms with Crippen molar-refractivity contribution in [3.63, 3.8) is 0 Å². The van der Waals surface area contributed by atoms with Crippen molar-refractivity contribution in [1.82, 2.24) is 9.88 Å². The van der Waals surface area contributed by atoms with Crippen molar-refractivity contribution >= 4 is 17.5 Å². The summed E-state index contributed by atoms with van der Waals surface area (Å²) in [7, 11) is 5.47. The molecule has 0 spiro atoms. The number of likely N-dealkylation sites (N-methyl/N-ethyl adjacent to an activating group) is 1.